The molecule has 0 radical (unpaired) electrons. The van der Waals surface area contributed by atoms with Crippen molar-refractivity contribution in [3.63, 3.8) is 0 Å². The number of furan rings is 1. The van der Waals surface area contributed by atoms with Crippen molar-refractivity contribution in [3.8, 4) is 33.5 Å². The van der Waals surface area contributed by atoms with Gasteiger partial charge < -0.3 is 4.42 Å². The third-order valence-electron chi connectivity index (χ3n) is 6.49. The highest BCUT2D eigenvalue weighted by molar-refractivity contribution is 6.08. The molecule has 6 aromatic rings. The fourth-order valence-electron chi connectivity index (χ4n) is 4.69. The molecule has 0 bridgehead atoms. The molecular weight excluding hydrogens is 414 g/mol. The molecule has 4 aromatic carbocycles. The molecule has 0 fully saturated rings. The summed E-state index contributed by atoms with van der Waals surface area (Å²) in [5.74, 6) is 0.357. The Labute approximate surface area is 199 Å². The van der Waals surface area contributed by atoms with Crippen molar-refractivity contribution in [1.82, 2.24) is 4.98 Å². The molecular formula is C32H25NO. The summed E-state index contributed by atoms with van der Waals surface area (Å²) in [6.45, 7) is 4.45. The number of benzene rings is 4. The van der Waals surface area contributed by atoms with E-state index in [0.717, 1.165) is 38.8 Å². The van der Waals surface area contributed by atoms with E-state index in [-0.39, 0.29) is 0 Å². The first-order chi connectivity index (χ1) is 16.7. The van der Waals surface area contributed by atoms with Crippen LogP contribution in [-0.4, -0.2) is 4.98 Å². The van der Waals surface area contributed by atoms with Gasteiger partial charge in [-0.3, -0.25) is 4.98 Å². The summed E-state index contributed by atoms with van der Waals surface area (Å²) in [5, 5.41) is 2.30. The number of rotatable bonds is 4. The topological polar surface area (TPSA) is 26.0 Å². The molecule has 2 heterocycles. The first-order valence-electron chi connectivity index (χ1n) is 11.7. The quantitative estimate of drug-likeness (QED) is 0.274. The molecule has 2 heteroatoms. The smallest absolute Gasteiger partial charge is 0.138 e. The standard InChI is InChI=1S/C32H25NO/c1-21(2)28-17-26(23-11-7-4-8-12-23)18-29-27-14-13-25(20-31(27)34-32(28)29)30-19-24(15-16-33-30)22-9-5-3-6-10-22/h3-21H,1-2H3. The van der Waals surface area contributed by atoms with Gasteiger partial charge in [-0.15, -0.1) is 0 Å². The van der Waals surface area contributed by atoms with E-state index in [1.807, 2.05) is 12.3 Å². The van der Waals surface area contributed by atoms with Crippen molar-refractivity contribution in [2.24, 2.45) is 0 Å². The van der Waals surface area contributed by atoms with Gasteiger partial charge in [0.15, 0.2) is 0 Å². The van der Waals surface area contributed by atoms with E-state index in [4.69, 9.17) is 4.42 Å². The molecule has 0 amide bonds. The van der Waals surface area contributed by atoms with Crippen LogP contribution in [0.3, 0.4) is 0 Å². The van der Waals surface area contributed by atoms with E-state index < -0.39 is 0 Å². The summed E-state index contributed by atoms with van der Waals surface area (Å²) in [7, 11) is 0. The van der Waals surface area contributed by atoms with Gasteiger partial charge in [0, 0.05) is 22.5 Å². The second-order valence-electron chi connectivity index (χ2n) is 9.07. The minimum absolute atomic E-state index is 0.357. The van der Waals surface area contributed by atoms with E-state index in [1.165, 1.54) is 22.3 Å². The Morgan fingerprint density at radius 1 is 0.588 bits per heavy atom. The van der Waals surface area contributed by atoms with E-state index in [0.29, 0.717) is 5.92 Å². The Balaban J connectivity index is 1.50. The zero-order valence-electron chi connectivity index (χ0n) is 19.3. The Morgan fingerprint density at radius 3 is 2.00 bits per heavy atom. The molecule has 0 N–H and O–H groups in total. The Hall–Kier alpha value is -4.17. The maximum Gasteiger partial charge on any atom is 0.138 e. The molecule has 0 aliphatic heterocycles. The van der Waals surface area contributed by atoms with Crippen LogP contribution in [0.1, 0.15) is 25.3 Å². The van der Waals surface area contributed by atoms with Crippen molar-refractivity contribution in [3.05, 3.63) is 115 Å². The molecule has 0 atom stereocenters. The number of nitrogens with zero attached hydrogens (tertiary/aromatic N) is 1. The van der Waals surface area contributed by atoms with Gasteiger partial charge in [-0.2, -0.15) is 0 Å². The molecule has 0 aliphatic rings. The van der Waals surface area contributed by atoms with Crippen LogP contribution in [0.4, 0.5) is 0 Å². The predicted molar refractivity (Wildman–Crippen MR) is 142 cm³/mol. The molecule has 0 saturated heterocycles. The second kappa shape index (κ2) is 8.31. The van der Waals surface area contributed by atoms with Crippen molar-refractivity contribution < 1.29 is 4.42 Å². The summed E-state index contributed by atoms with van der Waals surface area (Å²) in [6.07, 6.45) is 1.88. The van der Waals surface area contributed by atoms with Gasteiger partial charge in [0.1, 0.15) is 11.2 Å². The average molecular weight is 440 g/mol. The highest BCUT2D eigenvalue weighted by Gasteiger charge is 2.16. The van der Waals surface area contributed by atoms with E-state index in [2.05, 4.69) is 116 Å². The van der Waals surface area contributed by atoms with Crippen molar-refractivity contribution >= 4 is 21.9 Å². The van der Waals surface area contributed by atoms with Crippen LogP contribution >= 0.6 is 0 Å². The highest BCUT2D eigenvalue weighted by Crippen LogP contribution is 2.39. The van der Waals surface area contributed by atoms with Crippen molar-refractivity contribution in [2.45, 2.75) is 19.8 Å². The van der Waals surface area contributed by atoms with Crippen molar-refractivity contribution in [2.75, 3.05) is 0 Å². The lowest BCUT2D eigenvalue weighted by atomic mass is 9.94. The zero-order valence-corrected chi connectivity index (χ0v) is 19.3. The minimum atomic E-state index is 0.357. The molecule has 6 rings (SSSR count). The van der Waals surface area contributed by atoms with Crippen LogP contribution < -0.4 is 0 Å². The molecule has 164 valence electrons. The summed E-state index contributed by atoms with van der Waals surface area (Å²) < 4.78 is 6.49. The van der Waals surface area contributed by atoms with Gasteiger partial charge >= 0.3 is 0 Å². The van der Waals surface area contributed by atoms with Gasteiger partial charge in [-0.05, 0) is 70.1 Å². The summed E-state index contributed by atoms with van der Waals surface area (Å²) in [5.41, 5.74) is 9.89. The van der Waals surface area contributed by atoms with Crippen LogP contribution in [0.5, 0.6) is 0 Å². The van der Waals surface area contributed by atoms with Gasteiger partial charge in [0.25, 0.3) is 0 Å². The lowest BCUT2D eigenvalue weighted by molar-refractivity contribution is 0.657. The number of aromatic nitrogens is 1. The molecule has 0 spiro atoms. The number of pyridine rings is 1. The summed E-state index contributed by atoms with van der Waals surface area (Å²) in [4.78, 5) is 4.65. The van der Waals surface area contributed by atoms with Crippen molar-refractivity contribution in [1.29, 1.82) is 0 Å². The third kappa shape index (κ3) is 3.58. The minimum Gasteiger partial charge on any atom is -0.456 e. The first-order valence-corrected chi connectivity index (χ1v) is 11.7. The molecule has 0 saturated carbocycles. The Kier molecular flexibility index (Phi) is 5.00. The summed E-state index contributed by atoms with van der Waals surface area (Å²) >= 11 is 0. The Morgan fingerprint density at radius 2 is 1.29 bits per heavy atom. The van der Waals surface area contributed by atoms with Gasteiger partial charge in [-0.25, -0.2) is 0 Å². The molecule has 0 unspecified atom stereocenters. The molecule has 2 aromatic heterocycles. The zero-order chi connectivity index (χ0) is 23.1. The third-order valence-corrected chi connectivity index (χ3v) is 6.49. The SMILES string of the molecule is CC(C)c1cc(-c2ccccc2)cc2c1oc1cc(-c3cc(-c4ccccc4)ccn3)ccc12. The first kappa shape index (κ1) is 20.4. The normalized spacial score (nSPS) is 11.5. The second-order valence-corrected chi connectivity index (χ2v) is 9.07. The van der Waals surface area contributed by atoms with Crippen LogP contribution in [-0.2, 0) is 0 Å². The number of hydrogen-bond donors (Lipinski definition) is 0. The molecule has 0 aliphatic carbocycles. The number of fused-ring (bicyclic) bond motifs is 3. The van der Waals surface area contributed by atoms with Crippen LogP contribution in [0.15, 0.2) is 114 Å². The van der Waals surface area contributed by atoms with E-state index in [9.17, 15) is 0 Å². The van der Waals surface area contributed by atoms with Gasteiger partial charge in [0.05, 0.1) is 5.69 Å². The molecule has 34 heavy (non-hydrogen) atoms. The maximum absolute atomic E-state index is 6.49. The van der Waals surface area contributed by atoms with Crippen LogP contribution in [0.2, 0.25) is 0 Å². The monoisotopic (exact) mass is 439 g/mol. The maximum atomic E-state index is 6.49. The average Bonchev–Trinajstić information content (AvgIpc) is 3.27. The van der Waals surface area contributed by atoms with Gasteiger partial charge in [-0.1, -0.05) is 80.6 Å². The lowest BCUT2D eigenvalue weighted by Gasteiger charge is -2.10. The van der Waals surface area contributed by atoms with Crippen LogP contribution in [0, 0.1) is 0 Å². The lowest BCUT2D eigenvalue weighted by Crippen LogP contribution is -1.89. The number of hydrogen-bond acceptors (Lipinski definition) is 2. The predicted octanol–water partition coefficient (Wildman–Crippen LogP) is 9.11. The molecule has 2 nitrogen and oxygen atoms in total. The fraction of sp³-hybridized carbons (Fsp3) is 0.0938. The summed E-state index contributed by atoms with van der Waals surface area (Å²) in [6, 6.07) is 36.2. The fourth-order valence-corrected chi connectivity index (χ4v) is 4.69. The largest absolute Gasteiger partial charge is 0.456 e. The van der Waals surface area contributed by atoms with Gasteiger partial charge in [0.2, 0.25) is 0 Å². The Bertz CT molecular complexity index is 1610. The highest BCUT2D eigenvalue weighted by atomic mass is 16.3. The van der Waals surface area contributed by atoms with E-state index >= 15 is 0 Å². The van der Waals surface area contributed by atoms with E-state index in [1.54, 1.807) is 0 Å². The van der Waals surface area contributed by atoms with Crippen LogP contribution in [0.25, 0.3) is 55.4 Å².